The van der Waals surface area contributed by atoms with Crippen molar-refractivity contribution in [2.75, 3.05) is 10.6 Å². The summed E-state index contributed by atoms with van der Waals surface area (Å²) >= 11 is 0. The molecule has 0 bridgehead atoms. The average Bonchev–Trinajstić information content (AvgIpc) is 2.61. The molecule has 0 aliphatic carbocycles. The first-order valence-electron chi connectivity index (χ1n) is 7.72. The van der Waals surface area contributed by atoms with Crippen LogP contribution in [0.15, 0.2) is 66.7 Å². The summed E-state index contributed by atoms with van der Waals surface area (Å²) in [5.41, 5.74) is 3.30. The second-order valence-corrected chi connectivity index (χ2v) is 5.62. The molecule has 0 atom stereocenters. The summed E-state index contributed by atoms with van der Waals surface area (Å²) in [7, 11) is 0. The van der Waals surface area contributed by atoms with E-state index in [1.807, 2.05) is 43.3 Å². The second-order valence-electron chi connectivity index (χ2n) is 5.62. The van der Waals surface area contributed by atoms with Gasteiger partial charge in [0.2, 0.25) is 0 Å². The Morgan fingerprint density at radius 3 is 2.20 bits per heavy atom. The van der Waals surface area contributed by atoms with Crippen molar-refractivity contribution in [2.45, 2.75) is 6.92 Å². The van der Waals surface area contributed by atoms with Crippen LogP contribution in [0.3, 0.4) is 0 Å². The molecule has 0 fully saturated rings. The highest BCUT2D eigenvalue weighted by Crippen LogP contribution is 2.26. The lowest BCUT2D eigenvalue weighted by Gasteiger charge is -2.13. The van der Waals surface area contributed by atoms with E-state index >= 15 is 0 Å². The summed E-state index contributed by atoms with van der Waals surface area (Å²) in [6.45, 7) is 2.00. The second kappa shape index (κ2) is 7.13. The Balaban J connectivity index is 1.81. The van der Waals surface area contributed by atoms with Gasteiger partial charge in [0.1, 0.15) is 0 Å². The van der Waals surface area contributed by atoms with Crippen LogP contribution in [0.5, 0.6) is 0 Å². The molecular formula is C20H16F2N2O. The van der Waals surface area contributed by atoms with Crippen molar-refractivity contribution in [1.82, 2.24) is 0 Å². The highest BCUT2D eigenvalue weighted by Gasteiger charge is 2.12. The summed E-state index contributed by atoms with van der Waals surface area (Å²) < 4.78 is 26.3. The molecule has 0 radical (unpaired) electrons. The van der Waals surface area contributed by atoms with Gasteiger partial charge in [0.25, 0.3) is 5.91 Å². The number of hydrogen-bond donors (Lipinski definition) is 2. The first-order chi connectivity index (χ1) is 12.0. The number of aryl methyl sites for hydroxylation is 1. The first kappa shape index (κ1) is 16.6. The maximum atomic E-state index is 13.3. The van der Waals surface area contributed by atoms with E-state index in [1.54, 1.807) is 12.1 Å². The fourth-order valence-electron chi connectivity index (χ4n) is 2.33. The zero-order chi connectivity index (χ0) is 17.8. The van der Waals surface area contributed by atoms with Crippen molar-refractivity contribution in [3.05, 3.63) is 89.5 Å². The molecule has 0 spiro atoms. The van der Waals surface area contributed by atoms with Gasteiger partial charge in [-0.15, -0.1) is 0 Å². The Kier molecular flexibility index (Phi) is 4.75. The van der Waals surface area contributed by atoms with E-state index in [4.69, 9.17) is 0 Å². The smallest absolute Gasteiger partial charge is 0.255 e. The van der Waals surface area contributed by atoms with Gasteiger partial charge >= 0.3 is 0 Å². The van der Waals surface area contributed by atoms with Gasteiger partial charge < -0.3 is 10.6 Å². The number of benzene rings is 3. The van der Waals surface area contributed by atoms with Crippen LogP contribution in [0, 0.1) is 18.6 Å². The third kappa shape index (κ3) is 4.01. The molecular weight excluding hydrogens is 322 g/mol. The molecule has 1 amide bonds. The SMILES string of the molecule is Cc1ccc(Nc2ccccc2NC(=O)c2ccc(F)c(F)c2)cc1. The lowest BCUT2D eigenvalue weighted by Crippen LogP contribution is -2.13. The van der Waals surface area contributed by atoms with Crippen LogP contribution < -0.4 is 10.6 Å². The minimum absolute atomic E-state index is 0.0454. The van der Waals surface area contributed by atoms with Crippen LogP contribution in [-0.2, 0) is 0 Å². The van der Waals surface area contributed by atoms with Gasteiger partial charge in [-0.05, 0) is 49.4 Å². The minimum Gasteiger partial charge on any atom is -0.354 e. The zero-order valence-electron chi connectivity index (χ0n) is 13.5. The lowest BCUT2D eigenvalue weighted by molar-refractivity contribution is 0.102. The molecule has 0 unspecified atom stereocenters. The van der Waals surface area contributed by atoms with Crippen molar-refractivity contribution >= 4 is 23.0 Å². The van der Waals surface area contributed by atoms with Crippen molar-refractivity contribution in [3.63, 3.8) is 0 Å². The lowest BCUT2D eigenvalue weighted by atomic mass is 10.1. The van der Waals surface area contributed by atoms with Gasteiger partial charge in [-0.2, -0.15) is 0 Å². The highest BCUT2D eigenvalue weighted by molar-refractivity contribution is 6.06. The monoisotopic (exact) mass is 338 g/mol. The van der Waals surface area contributed by atoms with E-state index in [1.165, 1.54) is 6.07 Å². The normalized spacial score (nSPS) is 10.4. The third-order valence-electron chi connectivity index (χ3n) is 3.69. The van der Waals surface area contributed by atoms with Crippen LogP contribution in [0.1, 0.15) is 15.9 Å². The summed E-state index contributed by atoms with van der Waals surface area (Å²) in [5, 5.41) is 5.94. The molecule has 25 heavy (non-hydrogen) atoms. The largest absolute Gasteiger partial charge is 0.354 e. The van der Waals surface area contributed by atoms with E-state index in [2.05, 4.69) is 10.6 Å². The predicted octanol–water partition coefficient (Wildman–Crippen LogP) is 5.27. The van der Waals surface area contributed by atoms with Crippen LogP contribution in [-0.4, -0.2) is 5.91 Å². The van der Waals surface area contributed by atoms with Crippen molar-refractivity contribution in [2.24, 2.45) is 0 Å². The Morgan fingerprint density at radius 2 is 1.52 bits per heavy atom. The van der Waals surface area contributed by atoms with Crippen molar-refractivity contribution < 1.29 is 13.6 Å². The van der Waals surface area contributed by atoms with Gasteiger partial charge in [0, 0.05) is 11.3 Å². The Labute approximate surface area is 144 Å². The number of hydrogen-bond acceptors (Lipinski definition) is 2. The minimum atomic E-state index is -1.06. The van der Waals surface area contributed by atoms with Crippen LogP contribution >= 0.6 is 0 Å². The summed E-state index contributed by atoms with van der Waals surface area (Å²) in [5.74, 6) is -2.56. The molecule has 3 aromatic carbocycles. The predicted molar refractivity (Wildman–Crippen MR) is 95.2 cm³/mol. The summed E-state index contributed by atoms with van der Waals surface area (Å²) in [6.07, 6.45) is 0. The number of carbonyl (C=O) groups excluding carboxylic acids is 1. The van der Waals surface area contributed by atoms with E-state index in [-0.39, 0.29) is 5.56 Å². The Hall–Kier alpha value is -3.21. The van der Waals surface area contributed by atoms with Gasteiger partial charge in [0.15, 0.2) is 11.6 Å². The van der Waals surface area contributed by atoms with E-state index < -0.39 is 17.5 Å². The number of para-hydroxylation sites is 2. The number of carbonyl (C=O) groups is 1. The van der Waals surface area contributed by atoms with Gasteiger partial charge in [0.05, 0.1) is 11.4 Å². The molecule has 0 aliphatic heterocycles. The van der Waals surface area contributed by atoms with Crippen molar-refractivity contribution in [1.29, 1.82) is 0 Å². The van der Waals surface area contributed by atoms with Gasteiger partial charge in [-0.3, -0.25) is 4.79 Å². The number of anilines is 3. The fourth-order valence-corrected chi connectivity index (χ4v) is 2.33. The number of rotatable bonds is 4. The Bertz CT molecular complexity index is 908. The molecule has 0 heterocycles. The molecule has 0 saturated carbocycles. The highest BCUT2D eigenvalue weighted by atomic mass is 19.2. The fraction of sp³-hybridized carbons (Fsp3) is 0.0500. The number of halogens is 2. The third-order valence-corrected chi connectivity index (χ3v) is 3.69. The average molecular weight is 338 g/mol. The molecule has 2 N–H and O–H groups in total. The van der Waals surface area contributed by atoms with Crippen LogP contribution in [0.2, 0.25) is 0 Å². The van der Waals surface area contributed by atoms with Crippen LogP contribution in [0.25, 0.3) is 0 Å². The molecule has 126 valence electrons. The van der Waals surface area contributed by atoms with Crippen molar-refractivity contribution in [3.8, 4) is 0 Å². The van der Waals surface area contributed by atoms with Crippen LogP contribution in [0.4, 0.5) is 25.8 Å². The maximum absolute atomic E-state index is 13.3. The topological polar surface area (TPSA) is 41.1 Å². The van der Waals surface area contributed by atoms with Gasteiger partial charge in [-0.25, -0.2) is 8.78 Å². The van der Waals surface area contributed by atoms with E-state index in [9.17, 15) is 13.6 Å². The maximum Gasteiger partial charge on any atom is 0.255 e. The molecule has 0 saturated heterocycles. The van der Waals surface area contributed by atoms with E-state index in [0.717, 1.165) is 23.4 Å². The summed E-state index contributed by atoms with van der Waals surface area (Å²) in [6, 6.07) is 18.0. The Morgan fingerprint density at radius 1 is 0.840 bits per heavy atom. The van der Waals surface area contributed by atoms with E-state index in [0.29, 0.717) is 11.4 Å². The number of amides is 1. The number of nitrogens with one attached hydrogen (secondary N) is 2. The van der Waals surface area contributed by atoms with Gasteiger partial charge in [-0.1, -0.05) is 29.8 Å². The molecule has 3 aromatic rings. The zero-order valence-corrected chi connectivity index (χ0v) is 13.5. The molecule has 0 aromatic heterocycles. The molecule has 5 heteroatoms. The standard InChI is InChI=1S/C20H16F2N2O/c1-13-6-9-15(10-7-13)23-18-4-2-3-5-19(18)24-20(25)14-8-11-16(21)17(22)12-14/h2-12,23H,1H3,(H,24,25). The molecule has 3 rings (SSSR count). The quantitative estimate of drug-likeness (QED) is 0.680. The first-order valence-corrected chi connectivity index (χ1v) is 7.72. The summed E-state index contributed by atoms with van der Waals surface area (Å²) in [4.78, 5) is 12.3. The molecule has 3 nitrogen and oxygen atoms in total. The molecule has 0 aliphatic rings.